The van der Waals surface area contributed by atoms with Gasteiger partial charge in [-0.15, -0.1) is 0 Å². The van der Waals surface area contributed by atoms with Crippen LogP contribution in [-0.4, -0.2) is 14.9 Å². The van der Waals surface area contributed by atoms with Gasteiger partial charge in [0.2, 0.25) is 0 Å². The first kappa shape index (κ1) is 12.1. The number of nitriles is 1. The van der Waals surface area contributed by atoms with Crippen LogP contribution in [0.4, 0.5) is 0 Å². The number of rotatable bonds is 2. The Hall–Kier alpha value is -1.34. The summed E-state index contributed by atoms with van der Waals surface area (Å²) in [5.74, 6) is 0.515. The molecule has 1 aliphatic rings. The minimum atomic E-state index is -0.717. The van der Waals surface area contributed by atoms with E-state index in [0.717, 1.165) is 30.5 Å². The van der Waals surface area contributed by atoms with Gasteiger partial charge in [0.25, 0.3) is 0 Å². The summed E-state index contributed by atoms with van der Waals surface area (Å²) in [5.41, 5.74) is 1.11. The van der Waals surface area contributed by atoms with E-state index in [1.54, 1.807) is 10.9 Å². The molecule has 0 bridgehead atoms. The molecule has 0 amide bonds. The van der Waals surface area contributed by atoms with E-state index in [1.807, 2.05) is 14.0 Å². The normalized spacial score (nSPS) is 30.2. The first-order valence-electron chi connectivity index (χ1n) is 6.08. The minimum Gasteiger partial charge on any atom is -0.387 e. The quantitative estimate of drug-likeness (QED) is 0.850. The average Bonchev–Trinajstić information content (AvgIpc) is 2.85. The number of aliphatic hydroxyl groups is 1. The number of hydrogen-bond acceptors (Lipinski definition) is 3. The number of aliphatic hydroxyl groups excluding tert-OH is 1. The summed E-state index contributed by atoms with van der Waals surface area (Å²) in [6, 6.07) is 2.36. The molecular weight excluding hydrogens is 214 g/mol. The van der Waals surface area contributed by atoms with E-state index >= 15 is 0 Å². The second kappa shape index (κ2) is 4.15. The highest BCUT2D eigenvalue weighted by molar-refractivity contribution is 5.25. The van der Waals surface area contributed by atoms with Gasteiger partial charge in [-0.25, -0.2) is 0 Å². The SMILES string of the molecule is Cc1c(C(O)C2(C#N)CCC(C)C2)cnn1C. The predicted octanol–water partition coefficient (Wildman–Crippen LogP) is 2.09. The van der Waals surface area contributed by atoms with Crippen molar-refractivity contribution in [2.45, 2.75) is 39.2 Å². The van der Waals surface area contributed by atoms with E-state index in [0.29, 0.717) is 5.92 Å². The minimum absolute atomic E-state index is 0.515. The molecule has 0 saturated heterocycles. The molecular formula is C13H19N3O. The van der Waals surface area contributed by atoms with Crippen LogP contribution in [0.1, 0.15) is 43.5 Å². The Labute approximate surface area is 102 Å². The molecule has 1 aromatic heterocycles. The van der Waals surface area contributed by atoms with Crippen molar-refractivity contribution in [2.24, 2.45) is 18.4 Å². The van der Waals surface area contributed by atoms with E-state index < -0.39 is 11.5 Å². The molecule has 1 fully saturated rings. The molecule has 92 valence electrons. The summed E-state index contributed by atoms with van der Waals surface area (Å²) < 4.78 is 1.74. The maximum atomic E-state index is 10.5. The van der Waals surface area contributed by atoms with Gasteiger partial charge in [0, 0.05) is 18.3 Å². The van der Waals surface area contributed by atoms with Crippen molar-refractivity contribution >= 4 is 0 Å². The maximum absolute atomic E-state index is 10.5. The van der Waals surface area contributed by atoms with E-state index in [2.05, 4.69) is 18.1 Å². The maximum Gasteiger partial charge on any atom is 0.101 e. The molecule has 0 radical (unpaired) electrons. The molecule has 0 aromatic carbocycles. The third kappa shape index (κ3) is 1.85. The topological polar surface area (TPSA) is 61.8 Å². The molecule has 17 heavy (non-hydrogen) atoms. The molecule has 1 N–H and O–H groups in total. The van der Waals surface area contributed by atoms with E-state index in [9.17, 15) is 10.4 Å². The molecule has 1 aliphatic carbocycles. The Morgan fingerprint density at radius 3 is 2.82 bits per heavy atom. The van der Waals surface area contributed by atoms with Crippen LogP contribution in [0.15, 0.2) is 6.20 Å². The zero-order valence-corrected chi connectivity index (χ0v) is 10.6. The monoisotopic (exact) mass is 233 g/mol. The van der Waals surface area contributed by atoms with Crippen LogP contribution in [0.3, 0.4) is 0 Å². The first-order valence-corrected chi connectivity index (χ1v) is 6.08. The Kier molecular flexibility index (Phi) is 2.96. The number of hydrogen-bond donors (Lipinski definition) is 1. The average molecular weight is 233 g/mol. The smallest absolute Gasteiger partial charge is 0.101 e. The number of aryl methyl sites for hydroxylation is 1. The lowest BCUT2D eigenvalue weighted by Crippen LogP contribution is -2.25. The standard InChI is InChI=1S/C13H19N3O/c1-9-4-5-13(6-9,8-14)12(17)11-7-15-16(3)10(11)2/h7,9,12,17H,4-6H2,1-3H3. The summed E-state index contributed by atoms with van der Waals surface area (Å²) in [6.45, 7) is 4.07. The summed E-state index contributed by atoms with van der Waals surface area (Å²) in [4.78, 5) is 0. The van der Waals surface area contributed by atoms with Gasteiger partial charge in [0.05, 0.1) is 17.7 Å². The molecule has 2 rings (SSSR count). The Balaban J connectivity index is 2.34. The third-order valence-corrected chi connectivity index (χ3v) is 4.11. The van der Waals surface area contributed by atoms with Crippen molar-refractivity contribution in [3.05, 3.63) is 17.5 Å². The Morgan fingerprint density at radius 1 is 1.71 bits per heavy atom. The predicted molar refractivity (Wildman–Crippen MR) is 64.0 cm³/mol. The van der Waals surface area contributed by atoms with Crippen LogP contribution in [0.5, 0.6) is 0 Å². The van der Waals surface area contributed by atoms with Gasteiger partial charge in [0.1, 0.15) is 6.10 Å². The summed E-state index contributed by atoms with van der Waals surface area (Å²) in [6.07, 6.45) is 3.54. The fourth-order valence-electron chi connectivity index (χ4n) is 2.82. The molecule has 3 unspecified atom stereocenters. The summed E-state index contributed by atoms with van der Waals surface area (Å²) in [5, 5.41) is 24.1. The van der Waals surface area contributed by atoms with Gasteiger partial charge in [-0.2, -0.15) is 10.4 Å². The highest BCUT2D eigenvalue weighted by atomic mass is 16.3. The summed E-state index contributed by atoms with van der Waals surface area (Å²) >= 11 is 0. The van der Waals surface area contributed by atoms with Crippen LogP contribution in [0, 0.1) is 29.6 Å². The molecule has 4 nitrogen and oxygen atoms in total. The lowest BCUT2D eigenvalue weighted by Gasteiger charge is -2.27. The molecule has 0 spiro atoms. The van der Waals surface area contributed by atoms with Crippen molar-refractivity contribution in [3.63, 3.8) is 0 Å². The highest BCUT2D eigenvalue weighted by Gasteiger charge is 2.45. The Morgan fingerprint density at radius 2 is 2.41 bits per heavy atom. The lowest BCUT2D eigenvalue weighted by atomic mass is 9.78. The van der Waals surface area contributed by atoms with Crippen LogP contribution >= 0.6 is 0 Å². The number of aromatic nitrogens is 2. The molecule has 4 heteroatoms. The van der Waals surface area contributed by atoms with Gasteiger partial charge in [-0.05, 0) is 32.1 Å². The summed E-state index contributed by atoms with van der Waals surface area (Å²) in [7, 11) is 1.85. The second-order valence-corrected chi connectivity index (χ2v) is 5.33. The van der Waals surface area contributed by atoms with Gasteiger partial charge >= 0.3 is 0 Å². The fraction of sp³-hybridized carbons (Fsp3) is 0.692. The van der Waals surface area contributed by atoms with Gasteiger partial charge in [0.15, 0.2) is 0 Å². The van der Waals surface area contributed by atoms with Gasteiger partial charge in [-0.1, -0.05) is 6.92 Å². The van der Waals surface area contributed by atoms with Crippen LogP contribution < -0.4 is 0 Å². The van der Waals surface area contributed by atoms with Gasteiger partial charge in [-0.3, -0.25) is 4.68 Å². The fourth-order valence-corrected chi connectivity index (χ4v) is 2.82. The van der Waals surface area contributed by atoms with Crippen molar-refractivity contribution in [2.75, 3.05) is 0 Å². The Bertz CT molecular complexity index is 460. The molecule has 1 aromatic rings. The second-order valence-electron chi connectivity index (χ2n) is 5.33. The van der Waals surface area contributed by atoms with Crippen molar-refractivity contribution in [3.8, 4) is 6.07 Å². The van der Waals surface area contributed by atoms with Gasteiger partial charge < -0.3 is 5.11 Å². The molecule has 1 heterocycles. The zero-order chi connectivity index (χ0) is 12.6. The third-order valence-electron chi connectivity index (χ3n) is 4.11. The molecule has 3 atom stereocenters. The van der Waals surface area contributed by atoms with Crippen molar-refractivity contribution < 1.29 is 5.11 Å². The first-order chi connectivity index (χ1) is 8.00. The number of nitrogens with zero attached hydrogens (tertiary/aromatic N) is 3. The molecule has 1 saturated carbocycles. The van der Waals surface area contributed by atoms with Crippen LogP contribution in [0.2, 0.25) is 0 Å². The van der Waals surface area contributed by atoms with Crippen LogP contribution in [-0.2, 0) is 7.05 Å². The van der Waals surface area contributed by atoms with E-state index in [-0.39, 0.29) is 0 Å². The zero-order valence-electron chi connectivity index (χ0n) is 10.6. The van der Waals surface area contributed by atoms with Crippen molar-refractivity contribution in [1.82, 2.24) is 9.78 Å². The van der Waals surface area contributed by atoms with E-state index in [4.69, 9.17) is 0 Å². The lowest BCUT2D eigenvalue weighted by molar-refractivity contribution is 0.0641. The highest BCUT2D eigenvalue weighted by Crippen LogP contribution is 2.49. The van der Waals surface area contributed by atoms with Crippen LogP contribution in [0.25, 0.3) is 0 Å². The largest absolute Gasteiger partial charge is 0.387 e. The molecule has 0 aliphatic heterocycles. The van der Waals surface area contributed by atoms with E-state index in [1.165, 1.54) is 0 Å². The van der Waals surface area contributed by atoms with Crippen molar-refractivity contribution in [1.29, 1.82) is 5.26 Å².